The Kier molecular flexibility index (Phi) is 8.79. The van der Waals surface area contributed by atoms with Gasteiger partial charge in [-0.15, -0.1) is 0 Å². The third-order valence-corrected chi connectivity index (χ3v) is 9.72. The maximum Gasteiger partial charge on any atom is 0.274 e. The normalized spacial score (nSPS) is 15.2. The number of hydrogen-bond donors (Lipinski definition) is 0. The van der Waals surface area contributed by atoms with Gasteiger partial charge in [-0.25, -0.2) is 13.4 Å². The van der Waals surface area contributed by atoms with Gasteiger partial charge in [0.2, 0.25) is 10.0 Å². The standard InChI is InChI=1S/C29H39N3O4S2/c1-19(2)17-32(18-20(3)4)38(34,35)25-11-9-23(10-12-25)28(33)31-15-13-24(14-16-31)36-29-30-26-21(5)7-8-22(6)27(26)37-29/h7-12,19-20,24H,13-18H2,1-6H3. The summed E-state index contributed by atoms with van der Waals surface area (Å²) in [6.07, 6.45) is 1.47. The van der Waals surface area contributed by atoms with Gasteiger partial charge in [0.25, 0.3) is 11.1 Å². The maximum atomic E-state index is 13.3. The van der Waals surface area contributed by atoms with E-state index >= 15 is 0 Å². The second-order valence-electron chi connectivity index (χ2n) is 11.1. The molecule has 0 saturated carbocycles. The van der Waals surface area contributed by atoms with Crippen molar-refractivity contribution in [2.45, 2.75) is 65.4 Å². The summed E-state index contributed by atoms with van der Waals surface area (Å²) in [6, 6.07) is 10.6. The molecular weight excluding hydrogens is 518 g/mol. The van der Waals surface area contributed by atoms with Gasteiger partial charge in [0.15, 0.2) is 0 Å². The number of carbonyl (C=O) groups is 1. The van der Waals surface area contributed by atoms with Crippen molar-refractivity contribution in [2.75, 3.05) is 26.2 Å². The highest BCUT2D eigenvalue weighted by molar-refractivity contribution is 7.89. The quantitative estimate of drug-likeness (QED) is 0.327. The van der Waals surface area contributed by atoms with Crippen LogP contribution < -0.4 is 4.74 Å². The molecule has 1 aliphatic heterocycles. The van der Waals surface area contributed by atoms with Crippen LogP contribution in [0.1, 0.15) is 62.0 Å². The van der Waals surface area contributed by atoms with Gasteiger partial charge in [-0.1, -0.05) is 51.2 Å². The number of thiazole rings is 1. The minimum atomic E-state index is -3.62. The van der Waals surface area contributed by atoms with E-state index in [0.717, 1.165) is 28.6 Å². The fraction of sp³-hybridized carbons (Fsp3) is 0.517. The van der Waals surface area contributed by atoms with Gasteiger partial charge in [0.1, 0.15) is 6.10 Å². The highest BCUT2D eigenvalue weighted by Gasteiger charge is 2.28. The largest absolute Gasteiger partial charge is 0.467 e. The number of fused-ring (bicyclic) bond motifs is 1. The molecule has 0 N–H and O–H groups in total. The summed E-state index contributed by atoms with van der Waals surface area (Å²) in [4.78, 5) is 19.9. The van der Waals surface area contributed by atoms with E-state index in [9.17, 15) is 13.2 Å². The van der Waals surface area contributed by atoms with Crippen molar-refractivity contribution in [2.24, 2.45) is 11.8 Å². The van der Waals surface area contributed by atoms with Crippen LogP contribution in [-0.2, 0) is 10.0 Å². The van der Waals surface area contributed by atoms with E-state index in [4.69, 9.17) is 9.72 Å². The average molecular weight is 558 g/mol. The maximum absolute atomic E-state index is 13.3. The Morgan fingerprint density at radius 2 is 1.58 bits per heavy atom. The first-order chi connectivity index (χ1) is 18.0. The van der Waals surface area contributed by atoms with Gasteiger partial charge in [-0.2, -0.15) is 4.31 Å². The Labute approximate surface area is 230 Å². The first-order valence-electron chi connectivity index (χ1n) is 13.4. The highest BCUT2D eigenvalue weighted by atomic mass is 32.2. The summed E-state index contributed by atoms with van der Waals surface area (Å²) in [7, 11) is -3.62. The summed E-state index contributed by atoms with van der Waals surface area (Å²) in [6.45, 7) is 14.3. The number of aryl methyl sites for hydroxylation is 2. The Morgan fingerprint density at radius 3 is 2.13 bits per heavy atom. The fourth-order valence-electron chi connectivity index (χ4n) is 4.80. The predicted octanol–water partition coefficient (Wildman–Crippen LogP) is 5.90. The number of sulfonamides is 1. The molecule has 9 heteroatoms. The molecule has 2 heterocycles. The first-order valence-corrected chi connectivity index (χ1v) is 15.6. The number of likely N-dealkylation sites (tertiary alicyclic amines) is 1. The second-order valence-corrected chi connectivity index (χ2v) is 14.0. The molecular formula is C29H39N3O4S2. The Morgan fingerprint density at radius 1 is 1.00 bits per heavy atom. The number of carbonyl (C=O) groups excluding carboxylic acids is 1. The molecule has 2 aromatic carbocycles. The molecule has 4 rings (SSSR count). The molecule has 0 unspecified atom stereocenters. The van der Waals surface area contributed by atoms with Crippen LogP contribution in [0.3, 0.4) is 0 Å². The number of nitrogens with zero attached hydrogens (tertiary/aromatic N) is 3. The van der Waals surface area contributed by atoms with E-state index in [0.29, 0.717) is 36.9 Å². The van der Waals surface area contributed by atoms with E-state index < -0.39 is 10.0 Å². The summed E-state index contributed by atoms with van der Waals surface area (Å²) in [5, 5.41) is 0.683. The first kappa shape index (κ1) is 28.5. The van der Waals surface area contributed by atoms with E-state index in [1.807, 2.05) is 32.6 Å². The number of aromatic nitrogens is 1. The molecule has 3 aromatic rings. The van der Waals surface area contributed by atoms with Gasteiger partial charge in [-0.05, 0) is 61.1 Å². The van der Waals surface area contributed by atoms with Gasteiger partial charge in [0.05, 0.1) is 15.1 Å². The SMILES string of the molecule is Cc1ccc(C)c2sc(OC3CCN(C(=O)c4ccc(S(=O)(=O)N(CC(C)C)CC(C)C)cc4)CC3)nc12. The number of ether oxygens (including phenoxy) is 1. The number of rotatable bonds is 9. The van der Waals surface area contributed by atoms with Crippen LogP contribution >= 0.6 is 11.3 Å². The molecule has 38 heavy (non-hydrogen) atoms. The molecule has 1 amide bonds. The topological polar surface area (TPSA) is 79.8 Å². The van der Waals surface area contributed by atoms with Gasteiger partial charge in [0, 0.05) is 44.6 Å². The minimum absolute atomic E-state index is 0.0145. The third-order valence-electron chi connectivity index (χ3n) is 6.80. The lowest BCUT2D eigenvalue weighted by Gasteiger charge is -2.31. The Hall–Kier alpha value is -2.49. The lowest BCUT2D eigenvalue weighted by Crippen LogP contribution is -2.41. The Balaban J connectivity index is 1.38. The van der Waals surface area contributed by atoms with Crippen LogP contribution in [0, 0.1) is 25.7 Å². The van der Waals surface area contributed by atoms with E-state index in [1.165, 1.54) is 5.56 Å². The van der Waals surface area contributed by atoms with Crippen molar-refractivity contribution >= 4 is 37.5 Å². The van der Waals surface area contributed by atoms with Crippen LogP contribution in [0.5, 0.6) is 5.19 Å². The molecule has 1 aliphatic rings. The molecule has 0 aliphatic carbocycles. The predicted molar refractivity (Wildman–Crippen MR) is 154 cm³/mol. The Bertz CT molecular complexity index is 1320. The molecule has 0 atom stereocenters. The summed E-state index contributed by atoms with van der Waals surface area (Å²) < 4.78 is 35.5. The zero-order valence-corrected chi connectivity index (χ0v) is 24.9. The lowest BCUT2D eigenvalue weighted by atomic mass is 10.1. The van der Waals surface area contributed by atoms with Crippen molar-refractivity contribution in [3.63, 3.8) is 0 Å². The van der Waals surface area contributed by atoms with Crippen molar-refractivity contribution in [1.82, 2.24) is 14.2 Å². The summed E-state index contributed by atoms with van der Waals surface area (Å²) >= 11 is 1.58. The molecule has 1 saturated heterocycles. The molecule has 0 spiro atoms. The van der Waals surface area contributed by atoms with Gasteiger partial charge < -0.3 is 9.64 Å². The average Bonchev–Trinajstić information content (AvgIpc) is 3.30. The molecule has 7 nitrogen and oxygen atoms in total. The monoisotopic (exact) mass is 557 g/mol. The van der Waals surface area contributed by atoms with E-state index in [1.54, 1.807) is 39.9 Å². The molecule has 1 aromatic heterocycles. The van der Waals surface area contributed by atoms with Crippen molar-refractivity contribution in [3.8, 4) is 5.19 Å². The van der Waals surface area contributed by atoms with Crippen LogP contribution in [0.4, 0.5) is 0 Å². The van der Waals surface area contributed by atoms with E-state index in [-0.39, 0.29) is 28.7 Å². The smallest absolute Gasteiger partial charge is 0.274 e. The van der Waals surface area contributed by atoms with Gasteiger partial charge >= 0.3 is 0 Å². The fourth-order valence-corrected chi connectivity index (χ4v) is 7.59. The number of amides is 1. The van der Waals surface area contributed by atoms with Crippen molar-refractivity contribution in [3.05, 3.63) is 53.1 Å². The van der Waals surface area contributed by atoms with Crippen molar-refractivity contribution < 1.29 is 17.9 Å². The number of hydrogen-bond acceptors (Lipinski definition) is 6. The second kappa shape index (κ2) is 11.7. The molecule has 0 radical (unpaired) electrons. The van der Waals surface area contributed by atoms with Crippen LogP contribution in [-0.4, -0.2) is 60.8 Å². The zero-order chi connectivity index (χ0) is 27.6. The zero-order valence-electron chi connectivity index (χ0n) is 23.2. The summed E-state index contributed by atoms with van der Waals surface area (Å²) in [5.41, 5.74) is 3.84. The summed E-state index contributed by atoms with van der Waals surface area (Å²) in [5.74, 6) is 0.359. The molecule has 0 bridgehead atoms. The number of piperidine rings is 1. The lowest BCUT2D eigenvalue weighted by molar-refractivity contribution is 0.0595. The molecule has 206 valence electrons. The van der Waals surface area contributed by atoms with Crippen LogP contribution in [0.15, 0.2) is 41.3 Å². The van der Waals surface area contributed by atoms with Crippen LogP contribution in [0.2, 0.25) is 0 Å². The van der Waals surface area contributed by atoms with Crippen molar-refractivity contribution in [1.29, 1.82) is 0 Å². The van der Waals surface area contributed by atoms with E-state index in [2.05, 4.69) is 26.0 Å². The van der Waals surface area contributed by atoms with Crippen LogP contribution in [0.25, 0.3) is 10.2 Å². The third kappa shape index (κ3) is 6.38. The molecule has 1 fully saturated rings. The number of benzene rings is 2. The highest BCUT2D eigenvalue weighted by Crippen LogP contribution is 2.33. The van der Waals surface area contributed by atoms with Gasteiger partial charge in [-0.3, -0.25) is 4.79 Å². The minimum Gasteiger partial charge on any atom is -0.467 e.